The van der Waals surface area contributed by atoms with Gasteiger partial charge in [0.2, 0.25) is 10.0 Å². The van der Waals surface area contributed by atoms with Crippen molar-refractivity contribution in [3.8, 4) is 5.75 Å². The molecule has 0 saturated heterocycles. The summed E-state index contributed by atoms with van der Waals surface area (Å²) < 4.78 is 32.6. The number of nitrogens with one attached hydrogen (secondary N) is 1. The van der Waals surface area contributed by atoms with Gasteiger partial charge >= 0.3 is 0 Å². The van der Waals surface area contributed by atoms with Gasteiger partial charge < -0.3 is 24.5 Å². The molecule has 0 spiro atoms. The van der Waals surface area contributed by atoms with E-state index >= 15 is 0 Å². The van der Waals surface area contributed by atoms with Crippen molar-refractivity contribution < 1.29 is 33.0 Å². The molecule has 1 N–H and O–H groups in total. The van der Waals surface area contributed by atoms with E-state index in [0.717, 1.165) is 18.2 Å². The van der Waals surface area contributed by atoms with Crippen molar-refractivity contribution in [2.45, 2.75) is 43.5 Å². The van der Waals surface area contributed by atoms with Gasteiger partial charge in [0.15, 0.2) is 0 Å². The Hall–Kier alpha value is -2.65. The van der Waals surface area contributed by atoms with Crippen molar-refractivity contribution in [1.29, 1.82) is 0 Å². The van der Waals surface area contributed by atoms with Crippen LogP contribution in [0.4, 0.5) is 0 Å². The van der Waals surface area contributed by atoms with Gasteiger partial charge in [0.05, 0.1) is 23.5 Å². The van der Waals surface area contributed by atoms with Crippen LogP contribution in [0.2, 0.25) is 0 Å². The number of hydrogen-bond donors (Lipinski definition) is 1. The van der Waals surface area contributed by atoms with Gasteiger partial charge in [0, 0.05) is 5.97 Å². The highest BCUT2D eigenvalue weighted by atomic mass is 32.2. The predicted octanol–water partition coefficient (Wildman–Crippen LogP) is -0.0544. The quantitative estimate of drug-likeness (QED) is 0.516. The third-order valence-corrected chi connectivity index (χ3v) is 5.55. The summed E-state index contributed by atoms with van der Waals surface area (Å²) in [6.45, 7) is 2.65. The molecule has 28 heavy (non-hydrogen) atoms. The molecule has 0 bridgehead atoms. The summed E-state index contributed by atoms with van der Waals surface area (Å²) in [5.74, 6) is -2.51. The third kappa shape index (κ3) is 5.93. The molecule has 0 aliphatic heterocycles. The number of fused-ring (bicyclic) bond motifs is 1. The molecule has 8 nitrogen and oxygen atoms in total. The molecule has 1 atom stereocenters. The van der Waals surface area contributed by atoms with Gasteiger partial charge in [0.1, 0.15) is 5.75 Å². The zero-order valence-corrected chi connectivity index (χ0v) is 16.2. The van der Waals surface area contributed by atoms with Crippen molar-refractivity contribution >= 4 is 32.7 Å². The molecule has 9 heteroatoms. The fraction of sp³-hybridized carbons (Fsp3) is 0.368. The molecule has 152 valence electrons. The van der Waals surface area contributed by atoms with Crippen molar-refractivity contribution in [1.82, 2.24) is 4.72 Å². The standard InChI is InChI=1S/C19H23NO7S/c1-2-3-10-27-15-6-4-14-12-16(7-5-13(14)11-15)28(25,26)20-17(19(23)24)8-9-18(21)22/h4-7,11-12,17,20H,2-3,8-10H2,1H3,(H,21,22)(H,23,24)/p-2/t17-/m0/s1. The molecule has 0 heterocycles. The number of carbonyl (C=O) groups excluding carboxylic acids is 2. The zero-order chi connectivity index (χ0) is 20.7. The Labute approximate surface area is 163 Å². The first-order valence-electron chi connectivity index (χ1n) is 8.82. The molecule has 0 radical (unpaired) electrons. The molecule has 0 saturated carbocycles. The van der Waals surface area contributed by atoms with E-state index in [1.165, 1.54) is 12.1 Å². The maximum Gasteiger partial charge on any atom is 0.241 e. The van der Waals surface area contributed by atoms with E-state index in [1.54, 1.807) is 24.3 Å². The zero-order valence-electron chi connectivity index (χ0n) is 15.3. The Morgan fingerprint density at radius 2 is 1.79 bits per heavy atom. The fourth-order valence-electron chi connectivity index (χ4n) is 2.54. The maximum absolute atomic E-state index is 12.5. The Morgan fingerprint density at radius 1 is 1.11 bits per heavy atom. The summed E-state index contributed by atoms with van der Waals surface area (Å²) >= 11 is 0. The van der Waals surface area contributed by atoms with Crippen molar-refractivity contribution in [2.75, 3.05) is 6.61 Å². The Kier molecular flexibility index (Phi) is 7.36. The van der Waals surface area contributed by atoms with Crippen LogP contribution in [0.5, 0.6) is 5.75 Å². The smallest absolute Gasteiger partial charge is 0.241 e. The van der Waals surface area contributed by atoms with Gasteiger partial charge in [0.25, 0.3) is 0 Å². The van der Waals surface area contributed by atoms with E-state index in [1.807, 2.05) is 4.72 Å². The van der Waals surface area contributed by atoms with E-state index in [0.29, 0.717) is 17.7 Å². The Balaban J connectivity index is 2.21. The molecule has 2 rings (SSSR count). The van der Waals surface area contributed by atoms with Crippen LogP contribution in [0.25, 0.3) is 10.8 Å². The number of carboxylic acids is 2. The summed E-state index contributed by atoms with van der Waals surface area (Å²) in [4.78, 5) is 21.5. The average Bonchev–Trinajstić information content (AvgIpc) is 2.64. The summed E-state index contributed by atoms with van der Waals surface area (Å²) in [7, 11) is -4.19. The third-order valence-electron chi connectivity index (χ3n) is 4.08. The first kappa shape index (κ1) is 21.6. The van der Waals surface area contributed by atoms with Gasteiger partial charge in [-0.3, -0.25) is 0 Å². The summed E-state index contributed by atoms with van der Waals surface area (Å²) in [6.07, 6.45) is 0.853. The molecule has 0 aliphatic carbocycles. The highest BCUT2D eigenvalue weighted by molar-refractivity contribution is 7.89. The molecule has 2 aromatic rings. The van der Waals surface area contributed by atoms with Crippen LogP contribution in [-0.4, -0.2) is 33.0 Å². The van der Waals surface area contributed by atoms with Gasteiger partial charge in [-0.2, -0.15) is 0 Å². The van der Waals surface area contributed by atoms with Crippen LogP contribution >= 0.6 is 0 Å². The second-order valence-corrected chi connectivity index (χ2v) is 7.99. The highest BCUT2D eigenvalue weighted by Gasteiger charge is 2.21. The minimum atomic E-state index is -4.19. The number of aliphatic carboxylic acids is 2. The van der Waals surface area contributed by atoms with Gasteiger partial charge in [-0.05, 0) is 54.3 Å². The van der Waals surface area contributed by atoms with Gasteiger partial charge in [-0.1, -0.05) is 25.5 Å². The number of carbonyl (C=O) groups is 2. The lowest BCUT2D eigenvalue weighted by molar-refractivity contribution is -0.309. The molecule has 0 amide bonds. The van der Waals surface area contributed by atoms with Crippen LogP contribution < -0.4 is 19.7 Å². The normalized spacial score (nSPS) is 12.6. The van der Waals surface area contributed by atoms with Crippen molar-refractivity contribution in [3.05, 3.63) is 36.4 Å². The largest absolute Gasteiger partial charge is 0.550 e. The SMILES string of the molecule is CCCCOc1ccc2cc(S(=O)(=O)N[C@@H](CCC(=O)[O-])C(=O)[O-])ccc2c1. The number of rotatable bonds is 11. The second-order valence-electron chi connectivity index (χ2n) is 6.28. The van der Waals surface area contributed by atoms with Crippen molar-refractivity contribution in [3.63, 3.8) is 0 Å². The van der Waals surface area contributed by atoms with Crippen LogP contribution in [0.1, 0.15) is 32.6 Å². The van der Waals surface area contributed by atoms with E-state index in [4.69, 9.17) is 4.74 Å². The lowest BCUT2D eigenvalue weighted by Crippen LogP contribution is -2.48. The lowest BCUT2D eigenvalue weighted by atomic mass is 10.1. The van der Waals surface area contributed by atoms with E-state index in [-0.39, 0.29) is 4.90 Å². The van der Waals surface area contributed by atoms with Crippen LogP contribution in [0.3, 0.4) is 0 Å². The number of benzene rings is 2. The highest BCUT2D eigenvalue weighted by Crippen LogP contribution is 2.24. The van der Waals surface area contributed by atoms with E-state index in [9.17, 15) is 28.2 Å². The van der Waals surface area contributed by atoms with Crippen molar-refractivity contribution in [2.24, 2.45) is 0 Å². The first-order valence-corrected chi connectivity index (χ1v) is 10.3. The molecule has 0 fully saturated rings. The first-order chi connectivity index (χ1) is 13.2. The Bertz CT molecular complexity index is 956. The van der Waals surface area contributed by atoms with Gasteiger partial charge in [-0.15, -0.1) is 0 Å². The van der Waals surface area contributed by atoms with Gasteiger partial charge in [-0.25, -0.2) is 13.1 Å². The summed E-state index contributed by atoms with van der Waals surface area (Å²) in [5.41, 5.74) is 0. The maximum atomic E-state index is 12.5. The lowest BCUT2D eigenvalue weighted by Gasteiger charge is -2.20. The molecular weight excluding hydrogens is 386 g/mol. The average molecular weight is 407 g/mol. The number of carboxylic acid groups (broad SMARTS) is 2. The summed E-state index contributed by atoms with van der Waals surface area (Å²) in [6, 6.07) is 7.88. The van der Waals surface area contributed by atoms with Crippen LogP contribution in [0.15, 0.2) is 41.3 Å². The minimum Gasteiger partial charge on any atom is -0.550 e. The van der Waals surface area contributed by atoms with Crippen LogP contribution in [-0.2, 0) is 19.6 Å². The molecular formula is C19H21NO7S-2. The number of sulfonamides is 1. The predicted molar refractivity (Wildman–Crippen MR) is 97.7 cm³/mol. The van der Waals surface area contributed by atoms with E-state index < -0.39 is 40.8 Å². The molecule has 0 unspecified atom stereocenters. The fourth-order valence-corrected chi connectivity index (χ4v) is 3.79. The Morgan fingerprint density at radius 3 is 2.43 bits per heavy atom. The van der Waals surface area contributed by atoms with Crippen LogP contribution in [0, 0.1) is 0 Å². The topological polar surface area (TPSA) is 136 Å². The monoisotopic (exact) mass is 407 g/mol. The molecule has 2 aromatic carbocycles. The molecule has 0 aromatic heterocycles. The minimum absolute atomic E-state index is 0.139. The number of ether oxygens (including phenoxy) is 1. The van der Waals surface area contributed by atoms with E-state index in [2.05, 4.69) is 6.92 Å². The number of hydrogen-bond acceptors (Lipinski definition) is 7. The number of unbranched alkanes of at least 4 members (excludes halogenated alkanes) is 1. The summed E-state index contributed by atoms with van der Waals surface area (Å²) in [5, 5.41) is 23.0. The molecule has 0 aliphatic rings. The second kappa shape index (κ2) is 9.52.